The third-order valence-corrected chi connectivity index (χ3v) is 2.48. The monoisotopic (exact) mass is 219 g/mol. The van der Waals surface area contributed by atoms with Crippen LogP contribution in [0.5, 0.6) is 0 Å². The predicted molar refractivity (Wildman–Crippen MR) is 66.4 cm³/mol. The first kappa shape index (κ1) is 17.3. The highest BCUT2D eigenvalue weighted by Gasteiger charge is 2.01. The number of nitrogens with zero attached hydrogens (tertiary/aromatic N) is 1. The molecule has 0 amide bonds. The van der Waals surface area contributed by atoms with Crippen LogP contribution >= 0.6 is 0 Å². The predicted octanol–water partition coefficient (Wildman–Crippen LogP) is 3.71. The molecule has 0 saturated heterocycles. The maximum atomic E-state index is 6.00. The van der Waals surface area contributed by atoms with Crippen LogP contribution in [0.3, 0.4) is 0 Å². The van der Waals surface area contributed by atoms with Gasteiger partial charge in [-0.1, -0.05) is 40.0 Å². The molecule has 0 spiro atoms. The van der Waals surface area contributed by atoms with Crippen molar-refractivity contribution in [2.75, 3.05) is 19.6 Å². The summed E-state index contributed by atoms with van der Waals surface area (Å²) in [6.07, 6.45) is 8.09. The lowest BCUT2D eigenvalue weighted by molar-refractivity contribution is -0.176. The standard InChI is InChI=1S/C12H27N.H2O2/c1-4-7-10-13(11-8-5-2)12-9-6-3;1-2/h4-12H2,1-3H3;1-2H. The van der Waals surface area contributed by atoms with Crippen LogP contribution in [0.4, 0.5) is 0 Å². The van der Waals surface area contributed by atoms with E-state index in [1.807, 2.05) is 0 Å². The van der Waals surface area contributed by atoms with Crippen LogP contribution in [0.25, 0.3) is 0 Å². The Morgan fingerprint density at radius 3 is 1.13 bits per heavy atom. The van der Waals surface area contributed by atoms with Gasteiger partial charge >= 0.3 is 0 Å². The van der Waals surface area contributed by atoms with Crippen LogP contribution in [0.2, 0.25) is 0 Å². The van der Waals surface area contributed by atoms with E-state index in [2.05, 4.69) is 25.7 Å². The van der Waals surface area contributed by atoms with Gasteiger partial charge in [0.05, 0.1) is 0 Å². The van der Waals surface area contributed by atoms with E-state index in [1.165, 1.54) is 58.2 Å². The molecule has 0 saturated carbocycles. The molecule has 0 bridgehead atoms. The second-order valence-corrected chi connectivity index (χ2v) is 3.90. The van der Waals surface area contributed by atoms with E-state index in [9.17, 15) is 0 Å². The zero-order valence-corrected chi connectivity index (χ0v) is 10.7. The molecule has 0 aliphatic heterocycles. The highest BCUT2D eigenvalue weighted by atomic mass is 17.0. The Balaban J connectivity index is 0. The molecule has 0 aliphatic rings. The zero-order valence-electron chi connectivity index (χ0n) is 10.7. The first-order valence-corrected chi connectivity index (χ1v) is 6.27. The molecule has 3 heteroatoms. The molecule has 0 atom stereocenters. The molecule has 0 heterocycles. The molecule has 0 aromatic heterocycles. The maximum Gasteiger partial charge on any atom is -0.00188 e. The number of hydrogen-bond acceptors (Lipinski definition) is 3. The van der Waals surface area contributed by atoms with Gasteiger partial charge in [0.2, 0.25) is 0 Å². The molecule has 94 valence electrons. The minimum atomic E-state index is 1.32. The molecular weight excluding hydrogens is 190 g/mol. The molecule has 0 aromatic carbocycles. The summed E-state index contributed by atoms with van der Waals surface area (Å²) in [5.74, 6) is 0. The Morgan fingerprint density at radius 2 is 0.933 bits per heavy atom. The smallest absolute Gasteiger partial charge is 0.00188 e. The van der Waals surface area contributed by atoms with Crippen molar-refractivity contribution in [2.24, 2.45) is 0 Å². The number of rotatable bonds is 9. The second kappa shape index (κ2) is 16.3. The number of hydrogen-bond donors (Lipinski definition) is 2. The van der Waals surface area contributed by atoms with E-state index in [0.29, 0.717) is 0 Å². The average molecular weight is 219 g/mol. The summed E-state index contributed by atoms with van der Waals surface area (Å²) in [7, 11) is 0. The molecule has 0 rings (SSSR count). The molecule has 0 unspecified atom stereocenters. The normalized spacial score (nSPS) is 10.0. The van der Waals surface area contributed by atoms with E-state index in [1.54, 1.807) is 0 Å². The topological polar surface area (TPSA) is 43.7 Å². The Hall–Kier alpha value is -0.120. The van der Waals surface area contributed by atoms with Crippen LogP contribution in [0, 0.1) is 0 Å². The average Bonchev–Trinajstić information content (AvgIpc) is 2.31. The molecular formula is C12H29NO2. The zero-order chi connectivity index (χ0) is 11.9. The summed E-state index contributed by atoms with van der Waals surface area (Å²) in [6, 6.07) is 0. The van der Waals surface area contributed by atoms with Crippen LogP contribution in [0.15, 0.2) is 0 Å². The van der Waals surface area contributed by atoms with Gasteiger partial charge in [-0.3, -0.25) is 10.5 Å². The molecule has 0 aromatic rings. The van der Waals surface area contributed by atoms with Gasteiger partial charge in [-0.05, 0) is 38.9 Å². The van der Waals surface area contributed by atoms with Crippen LogP contribution in [-0.2, 0) is 0 Å². The summed E-state index contributed by atoms with van der Waals surface area (Å²) < 4.78 is 0. The van der Waals surface area contributed by atoms with Crippen molar-refractivity contribution in [3.8, 4) is 0 Å². The highest BCUT2D eigenvalue weighted by Crippen LogP contribution is 2.01. The quantitative estimate of drug-likeness (QED) is 0.459. The summed E-state index contributed by atoms with van der Waals surface area (Å²) in [5.41, 5.74) is 0. The van der Waals surface area contributed by atoms with Gasteiger partial charge in [-0.2, -0.15) is 0 Å². The van der Waals surface area contributed by atoms with E-state index in [4.69, 9.17) is 10.5 Å². The summed E-state index contributed by atoms with van der Waals surface area (Å²) in [5, 5.41) is 12.0. The molecule has 3 nitrogen and oxygen atoms in total. The lowest BCUT2D eigenvalue weighted by Crippen LogP contribution is -2.27. The minimum absolute atomic E-state index is 1.32. The first-order valence-electron chi connectivity index (χ1n) is 6.27. The largest absolute Gasteiger partial charge is 0.303 e. The first-order chi connectivity index (χ1) is 7.35. The highest BCUT2D eigenvalue weighted by molar-refractivity contribution is 4.57. The van der Waals surface area contributed by atoms with Crippen molar-refractivity contribution < 1.29 is 10.5 Å². The van der Waals surface area contributed by atoms with Crippen molar-refractivity contribution in [1.82, 2.24) is 4.90 Å². The minimum Gasteiger partial charge on any atom is -0.303 e. The molecule has 0 radical (unpaired) electrons. The second-order valence-electron chi connectivity index (χ2n) is 3.90. The van der Waals surface area contributed by atoms with Crippen LogP contribution in [-0.4, -0.2) is 35.0 Å². The van der Waals surface area contributed by atoms with Crippen molar-refractivity contribution in [3.05, 3.63) is 0 Å². The van der Waals surface area contributed by atoms with Gasteiger partial charge < -0.3 is 4.90 Å². The van der Waals surface area contributed by atoms with E-state index < -0.39 is 0 Å². The van der Waals surface area contributed by atoms with Gasteiger partial charge in [0.1, 0.15) is 0 Å². The van der Waals surface area contributed by atoms with E-state index in [-0.39, 0.29) is 0 Å². The Morgan fingerprint density at radius 1 is 0.667 bits per heavy atom. The Bertz CT molecular complexity index is 80.6. The van der Waals surface area contributed by atoms with Gasteiger partial charge in [0.25, 0.3) is 0 Å². The number of unbranched alkanes of at least 4 members (excludes halogenated alkanes) is 3. The Labute approximate surface area is 95.0 Å². The van der Waals surface area contributed by atoms with E-state index in [0.717, 1.165) is 0 Å². The van der Waals surface area contributed by atoms with Crippen molar-refractivity contribution in [3.63, 3.8) is 0 Å². The van der Waals surface area contributed by atoms with Crippen LogP contribution in [0.1, 0.15) is 59.3 Å². The maximum absolute atomic E-state index is 6.00. The summed E-state index contributed by atoms with van der Waals surface area (Å²) >= 11 is 0. The lowest BCUT2D eigenvalue weighted by atomic mass is 10.2. The lowest BCUT2D eigenvalue weighted by Gasteiger charge is -2.21. The molecule has 15 heavy (non-hydrogen) atoms. The Kier molecular flexibility index (Phi) is 18.8. The fraction of sp³-hybridized carbons (Fsp3) is 1.00. The molecule has 0 fully saturated rings. The van der Waals surface area contributed by atoms with Crippen molar-refractivity contribution >= 4 is 0 Å². The van der Waals surface area contributed by atoms with Gasteiger partial charge in [-0.25, -0.2) is 0 Å². The fourth-order valence-corrected chi connectivity index (χ4v) is 1.48. The SMILES string of the molecule is CCCCN(CCCC)CCCC.OO. The third kappa shape index (κ3) is 13.9. The van der Waals surface area contributed by atoms with Crippen molar-refractivity contribution in [1.29, 1.82) is 0 Å². The van der Waals surface area contributed by atoms with Gasteiger partial charge in [0.15, 0.2) is 0 Å². The van der Waals surface area contributed by atoms with Crippen LogP contribution < -0.4 is 0 Å². The van der Waals surface area contributed by atoms with Gasteiger partial charge in [-0.15, -0.1) is 0 Å². The third-order valence-electron chi connectivity index (χ3n) is 2.48. The summed E-state index contributed by atoms with van der Waals surface area (Å²) in [4.78, 5) is 2.64. The molecule has 2 N–H and O–H groups in total. The van der Waals surface area contributed by atoms with Crippen molar-refractivity contribution in [2.45, 2.75) is 59.3 Å². The summed E-state index contributed by atoms with van der Waals surface area (Å²) in [6.45, 7) is 10.8. The van der Waals surface area contributed by atoms with E-state index >= 15 is 0 Å². The fourth-order valence-electron chi connectivity index (χ4n) is 1.48. The molecule has 0 aliphatic carbocycles. The van der Waals surface area contributed by atoms with Gasteiger partial charge in [0, 0.05) is 0 Å².